The molecule has 6 N–H and O–H groups in total. The van der Waals surface area contributed by atoms with E-state index in [2.05, 4.69) is 36.0 Å². The van der Waals surface area contributed by atoms with Gasteiger partial charge >= 0.3 is 0 Å². The minimum Gasteiger partial charge on any atom is -0.377 e. The fourth-order valence-corrected chi connectivity index (χ4v) is 6.31. The van der Waals surface area contributed by atoms with E-state index >= 15 is 0 Å². The number of carbonyl (C=O) groups excluding carboxylic acids is 4. The van der Waals surface area contributed by atoms with E-state index in [9.17, 15) is 27.6 Å². The number of sulfonamides is 1. The van der Waals surface area contributed by atoms with E-state index in [1.165, 1.54) is 51.4 Å². The normalized spacial score (nSPS) is 12.0. The van der Waals surface area contributed by atoms with Crippen LogP contribution in [-0.4, -0.2) is 97.9 Å². The maximum Gasteiger partial charge on any atom is 0.245 e. The molecule has 0 radical (unpaired) electrons. The zero-order valence-electron chi connectivity index (χ0n) is 30.8. The Morgan fingerprint density at radius 1 is 0.706 bits per heavy atom. The third-order valence-electron chi connectivity index (χ3n) is 8.34. The summed E-state index contributed by atoms with van der Waals surface area (Å²) < 4.78 is 37.2. The Bertz CT molecular complexity index is 1170. The number of hydrogen-bond donors (Lipinski definition) is 5. The number of nitrogens with one attached hydrogen (secondary N) is 4. The largest absolute Gasteiger partial charge is 0.377 e. The van der Waals surface area contributed by atoms with Crippen LogP contribution in [0.2, 0.25) is 0 Å². The SMILES string of the molecule is C[C@@H](CCCCNC(=O)COCCOCCNC(=O)CCCS(=O)(=O)NC(=O)CCCCCCCCCCCCCCCc1nnn[nH]1)C(N)=O. The summed E-state index contributed by atoms with van der Waals surface area (Å²) >= 11 is 0. The molecule has 1 rings (SSSR count). The van der Waals surface area contributed by atoms with E-state index in [0.717, 1.165) is 50.8 Å². The van der Waals surface area contributed by atoms with Crippen molar-refractivity contribution in [2.24, 2.45) is 11.7 Å². The minimum absolute atomic E-state index is 0.0150. The lowest BCUT2D eigenvalue weighted by Crippen LogP contribution is -2.33. The number of unbranched alkanes of at least 4 members (excludes halogenated alkanes) is 13. The maximum absolute atomic E-state index is 12.2. The number of nitrogens with two attached hydrogens (primary N) is 1. The third-order valence-corrected chi connectivity index (χ3v) is 9.70. The summed E-state index contributed by atoms with van der Waals surface area (Å²) in [5.74, 6) is -0.970. The van der Waals surface area contributed by atoms with Crippen molar-refractivity contribution in [1.29, 1.82) is 0 Å². The van der Waals surface area contributed by atoms with Crippen molar-refractivity contribution in [3.63, 3.8) is 0 Å². The summed E-state index contributed by atoms with van der Waals surface area (Å²) in [5, 5.41) is 19.2. The first-order chi connectivity index (χ1) is 24.6. The highest BCUT2D eigenvalue weighted by atomic mass is 32.2. The zero-order valence-corrected chi connectivity index (χ0v) is 31.6. The number of H-pyrrole nitrogens is 1. The molecule has 1 heterocycles. The number of hydrogen-bond acceptors (Lipinski definition) is 11. The molecular weight excluding hydrogens is 680 g/mol. The lowest BCUT2D eigenvalue weighted by molar-refractivity contribution is -0.126. The third kappa shape index (κ3) is 29.1. The van der Waals surface area contributed by atoms with E-state index in [4.69, 9.17) is 15.2 Å². The van der Waals surface area contributed by atoms with Crippen molar-refractivity contribution in [3.8, 4) is 0 Å². The number of aromatic nitrogens is 4. The molecule has 0 saturated carbocycles. The van der Waals surface area contributed by atoms with E-state index in [1.807, 2.05) is 0 Å². The van der Waals surface area contributed by atoms with Crippen LogP contribution in [0.25, 0.3) is 0 Å². The standard InChI is InChI=1S/C34H64N8O8S/c1-29(34(35)46)18-15-16-22-36-33(45)28-50-26-25-49-24-23-37-31(43)21-17-27-51(47,48)40-32(44)20-14-12-10-8-6-4-2-3-5-7-9-11-13-19-30-38-41-42-39-30/h29H,2-28H2,1H3,(H2,35,46)(H,36,45)(H,37,43)(H,40,44)(H,38,39,41,42)/t29-/m0/s1. The topological polar surface area (TPSA) is 237 Å². The number of ether oxygens (including phenoxy) is 2. The molecule has 0 aromatic carbocycles. The monoisotopic (exact) mass is 744 g/mol. The Kier molecular flexibility index (Phi) is 27.4. The minimum atomic E-state index is -3.78. The zero-order chi connectivity index (χ0) is 37.4. The molecule has 0 bridgehead atoms. The molecule has 0 aliphatic carbocycles. The Balaban J connectivity index is 1.87. The summed E-state index contributed by atoms with van der Waals surface area (Å²) in [4.78, 5) is 46.8. The summed E-state index contributed by atoms with van der Waals surface area (Å²) in [6, 6.07) is 0. The van der Waals surface area contributed by atoms with E-state index < -0.39 is 15.9 Å². The molecule has 0 aliphatic heterocycles. The van der Waals surface area contributed by atoms with E-state index in [0.29, 0.717) is 19.4 Å². The van der Waals surface area contributed by atoms with Gasteiger partial charge in [0.1, 0.15) is 12.4 Å². The number of aromatic amines is 1. The van der Waals surface area contributed by atoms with Crippen molar-refractivity contribution >= 4 is 33.7 Å². The smallest absolute Gasteiger partial charge is 0.245 e. The van der Waals surface area contributed by atoms with Crippen LogP contribution in [0.15, 0.2) is 0 Å². The van der Waals surface area contributed by atoms with Gasteiger partial charge < -0.3 is 25.8 Å². The van der Waals surface area contributed by atoms with Crippen molar-refractivity contribution in [1.82, 2.24) is 36.0 Å². The second kappa shape index (κ2) is 30.4. The molecule has 0 saturated heterocycles. The predicted octanol–water partition coefficient (Wildman–Crippen LogP) is 2.99. The average Bonchev–Trinajstić information content (AvgIpc) is 3.60. The highest BCUT2D eigenvalue weighted by molar-refractivity contribution is 7.90. The summed E-state index contributed by atoms with van der Waals surface area (Å²) in [6.07, 6.45) is 18.2. The molecule has 1 aromatic rings. The Morgan fingerprint density at radius 2 is 1.29 bits per heavy atom. The lowest BCUT2D eigenvalue weighted by Gasteiger charge is -2.09. The predicted molar refractivity (Wildman–Crippen MR) is 194 cm³/mol. The molecule has 294 valence electrons. The Hall–Kier alpha value is -3.18. The summed E-state index contributed by atoms with van der Waals surface area (Å²) in [7, 11) is -3.78. The van der Waals surface area contributed by atoms with Gasteiger partial charge in [0.25, 0.3) is 0 Å². The quantitative estimate of drug-likeness (QED) is 0.0634. The molecule has 1 aromatic heterocycles. The van der Waals surface area contributed by atoms with Gasteiger partial charge in [0.15, 0.2) is 0 Å². The number of primary amides is 1. The molecule has 0 fully saturated rings. The first-order valence-electron chi connectivity index (χ1n) is 18.8. The van der Waals surface area contributed by atoms with Crippen molar-refractivity contribution < 1.29 is 37.1 Å². The Morgan fingerprint density at radius 3 is 1.92 bits per heavy atom. The van der Waals surface area contributed by atoms with Crippen LogP contribution in [-0.2, 0) is 45.1 Å². The second-order valence-electron chi connectivity index (χ2n) is 13.1. The number of amides is 4. The van der Waals surface area contributed by atoms with Gasteiger partial charge in [-0.05, 0) is 42.5 Å². The Labute approximate surface area is 304 Å². The molecule has 16 nitrogen and oxygen atoms in total. The van der Waals surface area contributed by atoms with Gasteiger partial charge in [-0.15, -0.1) is 5.10 Å². The number of aryl methyl sites for hydroxylation is 1. The average molecular weight is 745 g/mol. The van der Waals surface area contributed by atoms with Crippen LogP contribution in [0.5, 0.6) is 0 Å². The van der Waals surface area contributed by atoms with Crippen LogP contribution < -0.4 is 21.1 Å². The molecule has 1 atom stereocenters. The van der Waals surface area contributed by atoms with Gasteiger partial charge in [-0.3, -0.25) is 23.9 Å². The number of tetrazole rings is 1. The van der Waals surface area contributed by atoms with Gasteiger partial charge in [0, 0.05) is 38.3 Å². The molecule has 17 heteroatoms. The van der Waals surface area contributed by atoms with Gasteiger partial charge in [-0.2, -0.15) is 0 Å². The maximum atomic E-state index is 12.2. The fourth-order valence-electron chi connectivity index (χ4n) is 5.24. The van der Waals surface area contributed by atoms with Gasteiger partial charge in [-0.25, -0.2) is 13.5 Å². The number of carbonyl (C=O) groups is 4. The van der Waals surface area contributed by atoms with Crippen LogP contribution in [0, 0.1) is 5.92 Å². The molecule has 0 aliphatic rings. The van der Waals surface area contributed by atoms with Crippen molar-refractivity contribution in [3.05, 3.63) is 5.82 Å². The molecule has 0 unspecified atom stereocenters. The second-order valence-corrected chi connectivity index (χ2v) is 14.9. The molecular formula is C34H64N8O8S. The van der Waals surface area contributed by atoms with Crippen molar-refractivity contribution in [2.75, 3.05) is 45.3 Å². The summed E-state index contributed by atoms with van der Waals surface area (Å²) in [6.45, 7) is 3.16. The number of nitrogens with zero attached hydrogens (tertiary/aromatic N) is 3. The van der Waals surface area contributed by atoms with E-state index in [1.54, 1.807) is 6.92 Å². The highest BCUT2D eigenvalue weighted by Crippen LogP contribution is 2.13. The molecule has 0 spiro atoms. The first-order valence-corrected chi connectivity index (χ1v) is 20.5. The highest BCUT2D eigenvalue weighted by Gasteiger charge is 2.15. The first kappa shape index (κ1) is 45.8. The van der Waals surface area contributed by atoms with Crippen LogP contribution in [0.1, 0.15) is 135 Å². The number of rotatable bonds is 35. The van der Waals surface area contributed by atoms with Gasteiger partial charge in [0.05, 0.1) is 25.6 Å². The van der Waals surface area contributed by atoms with Gasteiger partial charge in [0.2, 0.25) is 33.7 Å². The van der Waals surface area contributed by atoms with E-state index in [-0.39, 0.29) is 81.6 Å². The lowest BCUT2D eigenvalue weighted by atomic mass is 10.0. The molecule has 4 amide bonds. The summed E-state index contributed by atoms with van der Waals surface area (Å²) in [5.41, 5.74) is 5.22. The molecule has 51 heavy (non-hydrogen) atoms. The van der Waals surface area contributed by atoms with Crippen LogP contribution >= 0.6 is 0 Å². The fraction of sp³-hybridized carbons (Fsp3) is 0.853. The van der Waals surface area contributed by atoms with Gasteiger partial charge in [-0.1, -0.05) is 84.0 Å². The van der Waals surface area contributed by atoms with Crippen molar-refractivity contribution in [2.45, 2.75) is 135 Å². The van der Waals surface area contributed by atoms with Crippen LogP contribution in [0.3, 0.4) is 0 Å². The van der Waals surface area contributed by atoms with Crippen LogP contribution in [0.4, 0.5) is 0 Å².